The molecule has 2 amide bonds. The Kier molecular flexibility index (Phi) is 4.16. The lowest BCUT2D eigenvalue weighted by atomic mass is 10.1. The molecule has 8 nitrogen and oxygen atoms in total. The molecule has 1 saturated heterocycles. The number of likely N-dealkylation sites (tertiary alicyclic amines) is 1. The number of carbonyl (C=O) groups is 1. The number of benzene rings is 1. The Morgan fingerprint density at radius 2 is 1.88 bits per heavy atom. The minimum atomic E-state index is -0.0578. The molecule has 1 aliphatic rings. The van der Waals surface area contributed by atoms with E-state index < -0.39 is 0 Å². The summed E-state index contributed by atoms with van der Waals surface area (Å²) in [4.78, 5) is 18.4. The van der Waals surface area contributed by atoms with Gasteiger partial charge in [-0.3, -0.25) is 0 Å². The summed E-state index contributed by atoms with van der Waals surface area (Å²) >= 11 is 0. The van der Waals surface area contributed by atoms with Crippen LogP contribution in [0, 0.1) is 0 Å². The van der Waals surface area contributed by atoms with Gasteiger partial charge in [-0.25, -0.2) is 14.5 Å². The van der Waals surface area contributed by atoms with Crippen molar-refractivity contribution in [2.24, 2.45) is 0 Å². The molecule has 0 bridgehead atoms. The van der Waals surface area contributed by atoms with Crippen LogP contribution in [0.25, 0.3) is 5.69 Å². The minimum absolute atomic E-state index is 0.0578. The lowest BCUT2D eigenvalue weighted by Gasteiger charge is -2.32. The highest BCUT2D eigenvalue weighted by atomic mass is 16.2. The fraction of sp³-hybridized carbons (Fsp3) is 0.294. The van der Waals surface area contributed by atoms with Crippen molar-refractivity contribution in [3.8, 4) is 5.69 Å². The van der Waals surface area contributed by atoms with E-state index in [1.807, 2.05) is 41.7 Å². The number of hydrogen-bond acceptors (Lipinski definition) is 4. The maximum absolute atomic E-state index is 12.4. The summed E-state index contributed by atoms with van der Waals surface area (Å²) in [7, 11) is 0. The molecule has 0 unspecified atom stereocenters. The average Bonchev–Trinajstić information content (AvgIpc) is 3.36. The number of hydrogen-bond donors (Lipinski definition) is 1. The maximum Gasteiger partial charge on any atom is 0.321 e. The Morgan fingerprint density at radius 3 is 2.52 bits per heavy atom. The molecule has 0 saturated carbocycles. The van der Waals surface area contributed by atoms with Crippen molar-refractivity contribution in [1.29, 1.82) is 0 Å². The van der Waals surface area contributed by atoms with Crippen LogP contribution in [0.15, 0.2) is 55.4 Å². The second-order valence-electron chi connectivity index (χ2n) is 6.05. The van der Waals surface area contributed by atoms with E-state index >= 15 is 0 Å². The number of rotatable bonds is 3. The number of urea groups is 1. The van der Waals surface area contributed by atoms with Gasteiger partial charge in [0.2, 0.25) is 0 Å². The third kappa shape index (κ3) is 3.37. The molecular weight excluding hydrogens is 318 g/mol. The van der Waals surface area contributed by atoms with Crippen LogP contribution in [0.1, 0.15) is 18.9 Å². The van der Waals surface area contributed by atoms with Gasteiger partial charge >= 0.3 is 6.03 Å². The van der Waals surface area contributed by atoms with E-state index in [9.17, 15) is 4.79 Å². The van der Waals surface area contributed by atoms with Gasteiger partial charge in [-0.15, -0.1) is 5.10 Å². The first kappa shape index (κ1) is 15.4. The van der Waals surface area contributed by atoms with Gasteiger partial charge in [-0.1, -0.05) is 5.21 Å². The van der Waals surface area contributed by atoms with E-state index in [1.165, 1.54) is 0 Å². The molecule has 8 heteroatoms. The summed E-state index contributed by atoms with van der Waals surface area (Å²) in [6.45, 7) is 1.48. The van der Waals surface area contributed by atoms with Crippen LogP contribution >= 0.6 is 0 Å². The van der Waals surface area contributed by atoms with E-state index in [1.54, 1.807) is 23.3 Å². The summed E-state index contributed by atoms with van der Waals surface area (Å²) in [6, 6.07) is 7.90. The fourth-order valence-electron chi connectivity index (χ4n) is 3.10. The summed E-state index contributed by atoms with van der Waals surface area (Å²) in [5.41, 5.74) is 1.67. The SMILES string of the molecule is O=C(Nc1ccc(-n2ccnn2)cc1)N1CCC(n2ccnc2)CC1. The molecule has 0 aliphatic carbocycles. The number of piperidine rings is 1. The maximum atomic E-state index is 12.4. The summed E-state index contributed by atoms with van der Waals surface area (Å²) in [5.74, 6) is 0. The van der Waals surface area contributed by atoms with Crippen molar-refractivity contribution in [2.45, 2.75) is 18.9 Å². The van der Waals surface area contributed by atoms with Gasteiger partial charge < -0.3 is 14.8 Å². The van der Waals surface area contributed by atoms with Crippen LogP contribution in [0.2, 0.25) is 0 Å². The number of aromatic nitrogens is 5. The minimum Gasteiger partial charge on any atom is -0.334 e. The van der Waals surface area contributed by atoms with E-state index in [0.29, 0.717) is 6.04 Å². The first-order chi connectivity index (χ1) is 12.3. The van der Waals surface area contributed by atoms with Crippen LogP contribution in [-0.2, 0) is 0 Å². The number of amides is 2. The van der Waals surface area contributed by atoms with Crippen molar-refractivity contribution >= 4 is 11.7 Å². The summed E-state index contributed by atoms with van der Waals surface area (Å²) in [5, 5.41) is 10.7. The highest BCUT2D eigenvalue weighted by Gasteiger charge is 2.23. The van der Waals surface area contributed by atoms with Gasteiger partial charge in [0.1, 0.15) is 0 Å². The highest BCUT2D eigenvalue weighted by Crippen LogP contribution is 2.22. The number of imidazole rings is 1. The topological polar surface area (TPSA) is 80.9 Å². The Labute approximate surface area is 145 Å². The Morgan fingerprint density at radius 1 is 1.08 bits per heavy atom. The monoisotopic (exact) mass is 337 g/mol. The Balaban J connectivity index is 1.33. The number of carbonyl (C=O) groups excluding carboxylic acids is 1. The second-order valence-corrected chi connectivity index (χ2v) is 6.05. The Bertz CT molecular complexity index is 803. The van der Waals surface area contributed by atoms with Crippen molar-refractivity contribution < 1.29 is 4.79 Å². The molecule has 3 aromatic rings. The fourth-order valence-corrected chi connectivity index (χ4v) is 3.10. The smallest absolute Gasteiger partial charge is 0.321 e. The van der Waals surface area contributed by atoms with Crippen LogP contribution in [0.5, 0.6) is 0 Å². The average molecular weight is 337 g/mol. The highest BCUT2D eigenvalue weighted by molar-refractivity contribution is 5.89. The van der Waals surface area contributed by atoms with Gasteiger partial charge in [0.05, 0.1) is 24.4 Å². The van der Waals surface area contributed by atoms with Gasteiger partial charge in [-0.05, 0) is 37.1 Å². The van der Waals surface area contributed by atoms with Gasteiger partial charge in [0.15, 0.2) is 0 Å². The van der Waals surface area contributed by atoms with Crippen molar-refractivity contribution in [2.75, 3.05) is 18.4 Å². The third-order valence-corrected chi connectivity index (χ3v) is 4.50. The van der Waals surface area contributed by atoms with Crippen molar-refractivity contribution in [3.05, 3.63) is 55.4 Å². The van der Waals surface area contributed by atoms with Crippen LogP contribution in [-0.4, -0.2) is 48.6 Å². The number of anilines is 1. The van der Waals surface area contributed by atoms with E-state index in [4.69, 9.17) is 0 Å². The molecule has 0 atom stereocenters. The lowest BCUT2D eigenvalue weighted by Crippen LogP contribution is -2.41. The molecule has 128 valence electrons. The van der Waals surface area contributed by atoms with Gasteiger partial charge in [0.25, 0.3) is 0 Å². The predicted molar refractivity (Wildman–Crippen MR) is 92.4 cm³/mol. The first-order valence-corrected chi connectivity index (χ1v) is 8.30. The zero-order chi connectivity index (χ0) is 17.1. The van der Waals surface area contributed by atoms with E-state index in [-0.39, 0.29) is 6.03 Å². The molecule has 0 radical (unpaired) electrons. The third-order valence-electron chi connectivity index (χ3n) is 4.50. The molecule has 1 fully saturated rings. The van der Waals surface area contributed by atoms with Crippen molar-refractivity contribution in [3.63, 3.8) is 0 Å². The molecule has 25 heavy (non-hydrogen) atoms. The molecule has 4 rings (SSSR count). The van der Waals surface area contributed by atoms with E-state index in [0.717, 1.165) is 37.3 Å². The van der Waals surface area contributed by atoms with Gasteiger partial charge in [0, 0.05) is 37.2 Å². The zero-order valence-corrected chi connectivity index (χ0v) is 13.7. The molecule has 1 N–H and O–H groups in total. The Hall–Kier alpha value is -3.16. The molecule has 2 aromatic heterocycles. The number of nitrogens with one attached hydrogen (secondary N) is 1. The van der Waals surface area contributed by atoms with Crippen molar-refractivity contribution in [1.82, 2.24) is 29.4 Å². The summed E-state index contributed by atoms with van der Waals surface area (Å²) in [6.07, 6.45) is 10.9. The molecule has 0 spiro atoms. The quantitative estimate of drug-likeness (QED) is 0.795. The normalized spacial score (nSPS) is 15.3. The summed E-state index contributed by atoms with van der Waals surface area (Å²) < 4.78 is 3.80. The van der Waals surface area contributed by atoms with Crippen LogP contribution in [0.3, 0.4) is 0 Å². The second kappa shape index (κ2) is 6.76. The van der Waals surface area contributed by atoms with Gasteiger partial charge in [-0.2, -0.15) is 0 Å². The van der Waals surface area contributed by atoms with Crippen LogP contribution in [0.4, 0.5) is 10.5 Å². The number of nitrogens with zero attached hydrogens (tertiary/aromatic N) is 6. The van der Waals surface area contributed by atoms with E-state index in [2.05, 4.69) is 25.2 Å². The molecule has 3 heterocycles. The van der Waals surface area contributed by atoms with Crippen LogP contribution < -0.4 is 5.32 Å². The lowest BCUT2D eigenvalue weighted by molar-refractivity contribution is 0.183. The molecule has 1 aromatic carbocycles. The first-order valence-electron chi connectivity index (χ1n) is 8.30. The molecular formula is C17H19N7O. The standard InChI is InChI=1S/C17H19N7O/c25-17(22-9-5-15(6-10-22)23-11-7-18-13-23)20-14-1-3-16(4-2-14)24-12-8-19-21-24/h1-4,7-8,11-13,15H,5-6,9-10H2,(H,20,25). The predicted octanol–water partition coefficient (Wildman–Crippen LogP) is 2.33. The zero-order valence-electron chi connectivity index (χ0n) is 13.7. The largest absolute Gasteiger partial charge is 0.334 e. The molecule has 1 aliphatic heterocycles.